The molecule has 2 heterocycles. The molecule has 2 rings (SSSR count). The largest absolute Gasteiger partial charge is 0.398 e. The number of halogens is 1. The lowest BCUT2D eigenvalue weighted by atomic mass is 10.2. The molecule has 0 aliphatic carbocycles. The Morgan fingerprint density at radius 2 is 2.21 bits per heavy atom. The van der Waals surface area contributed by atoms with Gasteiger partial charge in [0.2, 0.25) is 0 Å². The molecule has 0 aromatic carbocycles. The van der Waals surface area contributed by atoms with Crippen LogP contribution in [0.15, 0.2) is 24.7 Å². The smallest absolute Gasteiger partial charge is 0.155 e. The van der Waals surface area contributed by atoms with Gasteiger partial charge in [-0.2, -0.15) is 5.10 Å². The van der Waals surface area contributed by atoms with E-state index >= 15 is 0 Å². The normalized spacial score (nSPS) is 10.4. The molecule has 2 aromatic heterocycles. The Labute approximate surface area is 86.3 Å². The van der Waals surface area contributed by atoms with Crippen molar-refractivity contribution < 1.29 is 0 Å². The van der Waals surface area contributed by atoms with Crippen molar-refractivity contribution >= 4 is 17.3 Å². The van der Waals surface area contributed by atoms with Gasteiger partial charge < -0.3 is 5.73 Å². The van der Waals surface area contributed by atoms with Crippen LogP contribution in [0.4, 0.5) is 5.69 Å². The molecule has 0 aliphatic heterocycles. The van der Waals surface area contributed by atoms with Crippen molar-refractivity contribution in [1.29, 1.82) is 0 Å². The Hall–Kier alpha value is -1.55. The van der Waals surface area contributed by atoms with Gasteiger partial charge in [-0.15, -0.1) is 0 Å². The monoisotopic (exact) mass is 208 g/mol. The molecular formula is C9H9ClN4. The Kier molecular flexibility index (Phi) is 2.13. The van der Waals surface area contributed by atoms with E-state index in [4.69, 9.17) is 17.3 Å². The van der Waals surface area contributed by atoms with E-state index in [1.54, 1.807) is 29.3 Å². The van der Waals surface area contributed by atoms with Crippen LogP contribution in [-0.2, 0) is 0 Å². The minimum atomic E-state index is 0.575. The molecule has 0 saturated heterocycles. The first-order chi connectivity index (χ1) is 6.66. The number of anilines is 1. The lowest BCUT2D eigenvalue weighted by Crippen LogP contribution is -2.00. The maximum Gasteiger partial charge on any atom is 0.155 e. The molecule has 0 atom stereocenters. The quantitative estimate of drug-likeness (QED) is 0.778. The van der Waals surface area contributed by atoms with Crippen LogP contribution >= 0.6 is 11.6 Å². The van der Waals surface area contributed by atoms with Crippen LogP contribution < -0.4 is 5.73 Å². The molecule has 5 heteroatoms. The van der Waals surface area contributed by atoms with Gasteiger partial charge >= 0.3 is 0 Å². The second-order valence-electron chi connectivity index (χ2n) is 3.00. The van der Waals surface area contributed by atoms with Gasteiger partial charge in [-0.05, 0) is 12.5 Å². The van der Waals surface area contributed by atoms with Crippen molar-refractivity contribution in [1.82, 2.24) is 14.8 Å². The number of nitrogens with zero attached hydrogens (tertiary/aromatic N) is 3. The van der Waals surface area contributed by atoms with E-state index in [-0.39, 0.29) is 0 Å². The van der Waals surface area contributed by atoms with Gasteiger partial charge in [0, 0.05) is 18.0 Å². The van der Waals surface area contributed by atoms with Crippen LogP contribution in [0.1, 0.15) is 5.56 Å². The summed E-state index contributed by atoms with van der Waals surface area (Å²) in [5.41, 5.74) is 7.40. The average Bonchev–Trinajstić information content (AvgIpc) is 2.57. The minimum absolute atomic E-state index is 0.575. The molecule has 0 saturated carbocycles. The fraction of sp³-hybridized carbons (Fsp3) is 0.111. The SMILES string of the molecule is Cc1cnc(-n2cc(Cl)cn2)cc1N. The minimum Gasteiger partial charge on any atom is -0.398 e. The summed E-state index contributed by atoms with van der Waals surface area (Å²) in [6.45, 7) is 1.90. The lowest BCUT2D eigenvalue weighted by molar-refractivity contribution is 0.846. The van der Waals surface area contributed by atoms with Crippen LogP contribution in [0.2, 0.25) is 5.02 Å². The third-order valence-electron chi connectivity index (χ3n) is 1.92. The molecule has 2 aromatic rings. The number of aryl methyl sites for hydroxylation is 1. The maximum absolute atomic E-state index is 5.75. The van der Waals surface area contributed by atoms with E-state index < -0.39 is 0 Å². The lowest BCUT2D eigenvalue weighted by Gasteiger charge is -2.03. The fourth-order valence-electron chi connectivity index (χ4n) is 1.08. The first-order valence-corrected chi connectivity index (χ1v) is 4.47. The van der Waals surface area contributed by atoms with Crippen LogP contribution in [0, 0.1) is 6.92 Å². The Balaban J connectivity index is 2.47. The van der Waals surface area contributed by atoms with Crippen molar-refractivity contribution in [2.75, 3.05) is 5.73 Å². The molecule has 0 bridgehead atoms. The van der Waals surface area contributed by atoms with Gasteiger partial charge in [0.05, 0.1) is 17.4 Å². The van der Waals surface area contributed by atoms with Crippen molar-refractivity contribution in [2.24, 2.45) is 0 Å². The number of rotatable bonds is 1. The summed E-state index contributed by atoms with van der Waals surface area (Å²) in [5.74, 6) is 0.667. The van der Waals surface area contributed by atoms with Gasteiger partial charge in [-0.25, -0.2) is 9.67 Å². The third-order valence-corrected chi connectivity index (χ3v) is 2.11. The number of hydrogen-bond donors (Lipinski definition) is 1. The first kappa shape index (κ1) is 9.02. The second-order valence-corrected chi connectivity index (χ2v) is 3.44. The van der Waals surface area contributed by atoms with Gasteiger partial charge in [0.1, 0.15) is 0 Å². The van der Waals surface area contributed by atoms with E-state index in [1.165, 1.54) is 0 Å². The average molecular weight is 209 g/mol. The first-order valence-electron chi connectivity index (χ1n) is 4.09. The van der Waals surface area contributed by atoms with Crippen molar-refractivity contribution in [3.05, 3.63) is 35.2 Å². The number of pyridine rings is 1. The van der Waals surface area contributed by atoms with E-state index in [0.717, 1.165) is 5.56 Å². The van der Waals surface area contributed by atoms with E-state index in [0.29, 0.717) is 16.5 Å². The zero-order valence-corrected chi connectivity index (χ0v) is 8.36. The number of hydrogen-bond acceptors (Lipinski definition) is 3. The van der Waals surface area contributed by atoms with E-state index in [2.05, 4.69) is 10.1 Å². The van der Waals surface area contributed by atoms with Gasteiger partial charge in [0.15, 0.2) is 5.82 Å². The highest BCUT2D eigenvalue weighted by atomic mass is 35.5. The topological polar surface area (TPSA) is 56.7 Å². The molecule has 0 unspecified atom stereocenters. The van der Waals surface area contributed by atoms with Crippen molar-refractivity contribution in [3.63, 3.8) is 0 Å². The zero-order chi connectivity index (χ0) is 10.1. The molecule has 2 N–H and O–H groups in total. The predicted octanol–water partition coefficient (Wildman–Crippen LogP) is 1.81. The van der Waals surface area contributed by atoms with Gasteiger partial charge in [-0.3, -0.25) is 0 Å². The number of aromatic nitrogens is 3. The molecule has 14 heavy (non-hydrogen) atoms. The fourth-order valence-corrected chi connectivity index (χ4v) is 1.22. The highest BCUT2D eigenvalue weighted by Gasteiger charge is 2.02. The highest BCUT2D eigenvalue weighted by Crippen LogP contribution is 2.14. The highest BCUT2D eigenvalue weighted by molar-refractivity contribution is 6.30. The molecular weight excluding hydrogens is 200 g/mol. The summed E-state index contributed by atoms with van der Waals surface area (Å²) < 4.78 is 1.58. The molecule has 72 valence electrons. The molecule has 4 nitrogen and oxygen atoms in total. The molecule has 0 spiro atoms. The summed E-state index contributed by atoms with van der Waals surface area (Å²) in [6, 6.07) is 1.76. The van der Waals surface area contributed by atoms with Crippen molar-refractivity contribution in [3.8, 4) is 5.82 Å². The maximum atomic E-state index is 5.75. The summed E-state index contributed by atoms with van der Waals surface area (Å²) in [6.07, 6.45) is 4.94. The Bertz CT molecular complexity index is 464. The predicted molar refractivity (Wildman–Crippen MR) is 55.5 cm³/mol. The van der Waals surface area contributed by atoms with Gasteiger partial charge in [0.25, 0.3) is 0 Å². The standard InChI is InChI=1S/C9H9ClN4/c1-6-3-12-9(2-8(6)11)14-5-7(10)4-13-14/h2-5H,1H3,(H2,11,12). The summed E-state index contributed by atoms with van der Waals surface area (Å²) >= 11 is 5.74. The Morgan fingerprint density at radius 3 is 2.79 bits per heavy atom. The summed E-state index contributed by atoms with van der Waals surface area (Å²) in [5, 5.41) is 4.60. The molecule has 0 radical (unpaired) electrons. The van der Waals surface area contributed by atoms with Crippen LogP contribution in [0.5, 0.6) is 0 Å². The number of nitrogen functional groups attached to an aromatic ring is 1. The van der Waals surface area contributed by atoms with E-state index in [9.17, 15) is 0 Å². The summed E-state index contributed by atoms with van der Waals surface area (Å²) in [7, 11) is 0. The second kappa shape index (κ2) is 3.31. The van der Waals surface area contributed by atoms with Gasteiger partial charge in [-0.1, -0.05) is 11.6 Å². The van der Waals surface area contributed by atoms with Crippen LogP contribution in [-0.4, -0.2) is 14.8 Å². The Morgan fingerprint density at radius 1 is 1.43 bits per heavy atom. The molecule has 0 amide bonds. The molecule has 0 fully saturated rings. The number of nitrogens with two attached hydrogens (primary N) is 1. The van der Waals surface area contributed by atoms with Crippen molar-refractivity contribution in [2.45, 2.75) is 6.92 Å². The third kappa shape index (κ3) is 1.56. The molecule has 0 aliphatic rings. The zero-order valence-electron chi connectivity index (χ0n) is 7.61. The summed E-state index contributed by atoms with van der Waals surface area (Å²) in [4.78, 5) is 4.18. The van der Waals surface area contributed by atoms with E-state index in [1.807, 2.05) is 6.92 Å². The van der Waals surface area contributed by atoms with Crippen LogP contribution in [0.25, 0.3) is 5.82 Å². The van der Waals surface area contributed by atoms with Crippen LogP contribution in [0.3, 0.4) is 0 Å².